The summed E-state index contributed by atoms with van der Waals surface area (Å²) in [5, 5.41) is 0.747. The van der Waals surface area contributed by atoms with Crippen molar-refractivity contribution in [2.75, 3.05) is 18.9 Å². The molecule has 0 saturated carbocycles. The molecule has 0 unspecified atom stereocenters. The van der Waals surface area contributed by atoms with Crippen LogP contribution in [0.1, 0.15) is 6.42 Å². The molecule has 2 aromatic rings. The van der Waals surface area contributed by atoms with Crippen molar-refractivity contribution >= 4 is 44.5 Å². The number of carbonyl (C=O) groups is 1. The molecule has 1 saturated heterocycles. The lowest BCUT2D eigenvalue weighted by Gasteiger charge is -2.27. The maximum Gasteiger partial charge on any atom is 0.266 e. The molecule has 0 aliphatic carbocycles. The van der Waals surface area contributed by atoms with E-state index in [0.717, 1.165) is 27.5 Å². The van der Waals surface area contributed by atoms with Crippen LogP contribution in [0.15, 0.2) is 64.1 Å². The van der Waals surface area contributed by atoms with Crippen LogP contribution in [-0.4, -0.2) is 34.9 Å². The van der Waals surface area contributed by atoms with E-state index in [1.165, 1.54) is 0 Å². The normalized spacial score (nSPS) is 16.2. The van der Waals surface area contributed by atoms with Crippen LogP contribution in [0.2, 0.25) is 0 Å². The topological polar surface area (TPSA) is 41.9 Å². The average molecular weight is 405 g/mol. The summed E-state index contributed by atoms with van der Waals surface area (Å²) in [6.07, 6.45) is 0.961. The number of halogens is 1. The Morgan fingerprint density at radius 2 is 1.92 bits per heavy atom. The number of amidine groups is 1. The molecular weight excluding hydrogens is 388 g/mol. The number of aliphatic imine (C=N–C) groups is 1. The Morgan fingerprint density at radius 1 is 1.17 bits per heavy atom. The Morgan fingerprint density at radius 3 is 2.67 bits per heavy atom. The number of rotatable bonds is 4. The minimum Gasteiger partial charge on any atom is -0.484 e. The summed E-state index contributed by atoms with van der Waals surface area (Å²) in [6.45, 7) is 0.692. The first-order chi connectivity index (χ1) is 11.7. The molecule has 0 aromatic heterocycles. The van der Waals surface area contributed by atoms with E-state index in [-0.39, 0.29) is 12.5 Å². The van der Waals surface area contributed by atoms with Gasteiger partial charge in [0.15, 0.2) is 11.8 Å². The number of thioether (sulfide) groups is 1. The van der Waals surface area contributed by atoms with Crippen molar-refractivity contribution in [3.8, 4) is 5.75 Å². The van der Waals surface area contributed by atoms with Crippen molar-refractivity contribution < 1.29 is 9.53 Å². The van der Waals surface area contributed by atoms with E-state index in [4.69, 9.17) is 4.74 Å². The molecule has 3 rings (SSSR count). The molecule has 0 spiro atoms. The number of nitrogens with zero attached hydrogens (tertiary/aromatic N) is 2. The SMILES string of the molecule is O=C(COc1ccc(Br)cc1)N1CCCSC1=Nc1ccccc1. The van der Waals surface area contributed by atoms with Crippen LogP contribution in [0.25, 0.3) is 0 Å². The molecule has 1 aliphatic rings. The fraction of sp³-hybridized carbons (Fsp3) is 0.222. The molecule has 0 bridgehead atoms. The first-order valence-electron chi connectivity index (χ1n) is 7.67. The molecule has 1 aliphatic heterocycles. The first-order valence-corrected chi connectivity index (χ1v) is 9.45. The van der Waals surface area contributed by atoms with E-state index in [9.17, 15) is 4.79 Å². The summed E-state index contributed by atoms with van der Waals surface area (Å²) >= 11 is 4.99. The Bertz CT molecular complexity index is 720. The molecule has 1 fully saturated rings. The summed E-state index contributed by atoms with van der Waals surface area (Å²) in [5.74, 6) is 1.58. The van der Waals surface area contributed by atoms with Crippen LogP contribution in [0.4, 0.5) is 5.69 Å². The lowest BCUT2D eigenvalue weighted by atomic mass is 10.3. The van der Waals surface area contributed by atoms with Gasteiger partial charge in [0.2, 0.25) is 0 Å². The van der Waals surface area contributed by atoms with Crippen LogP contribution in [-0.2, 0) is 4.79 Å². The lowest BCUT2D eigenvalue weighted by Crippen LogP contribution is -2.41. The van der Waals surface area contributed by atoms with Gasteiger partial charge in [-0.25, -0.2) is 4.99 Å². The summed E-state index contributed by atoms with van der Waals surface area (Å²) in [6, 6.07) is 17.1. The predicted octanol–water partition coefficient (Wildman–Crippen LogP) is 4.48. The molecule has 24 heavy (non-hydrogen) atoms. The number of amides is 1. The maximum absolute atomic E-state index is 12.5. The molecule has 0 N–H and O–H groups in total. The Hall–Kier alpha value is -1.79. The highest BCUT2D eigenvalue weighted by Crippen LogP contribution is 2.23. The van der Waals surface area contributed by atoms with Gasteiger partial charge in [-0.1, -0.05) is 45.9 Å². The summed E-state index contributed by atoms with van der Waals surface area (Å²) in [7, 11) is 0. The van der Waals surface area contributed by atoms with Crippen molar-refractivity contribution in [1.29, 1.82) is 0 Å². The highest BCUT2D eigenvalue weighted by Gasteiger charge is 2.24. The van der Waals surface area contributed by atoms with Gasteiger partial charge in [-0.2, -0.15) is 0 Å². The van der Waals surface area contributed by atoms with Gasteiger partial charge in [0.1, 0.15) is 5.75 Å². The summed E-state index contributed by atoms with van der Waals surface area (Å²) in [5.41, 5.74) is 0.855. The van der Waals surface area contributed by atoms with Crippen molar-refractivity contribution in [3.63, 3.8) is 0 Å². The van der Waals surface area contributed by atoms with E-state index in [1.807, 2.05) is 54.6 Å². The molecule has 6 heteroatoms. The predicted molar refractivity (Wildman–Crippen MR) is 102 cm³/mol. The third-order valence-electron chi connectivity index (χ3n) is 3.45. The van der Waals surface area contributed by atoms with E-state index >= 15 is 0 Å². The largest absolute Gasteiger partial charge is 0.484 e. The van der Waals surface area contributed by atoms with E-state index in [2.05, 4.69) is 20.9 Å². The fourth-order valence-corrected chi connectivity index (χ4v) is 3.49. The van der Waals surface area contributed by atoms with Crippen molar-refractivity contribution in [2.45, 2.75) is 6.42 Å². The van der Waals surface area contributed by atoms with Gasteiger partial charge in [0.05, 0.1) is 5.69 Å². The zero-order valence-corrected chi connectivity index (χ0v) is 15.4. The Kier molecular flexibility index (Phi) is 5.93. The number of hydrogen-bond acceptors (Lipinski definition) is 4. The quantitative estimate of drug-likeness (QED) is 0.753. The minimum absolute atomic E-state index is 0.00992. The number of benzene rings is 2. The molecule has 0 atom stereocenters. The summed E-state index contributed by atoms with van der Waals surface area (Å²) < 4.78 is 6.58. The summed E-state index contributed by atoms with van der Waals surface area (Å²) in [4.78, 5) is 18.9. The van der Waals surface area contributed by atoms with Crippen molar-refractivity contribution in [1.82, 2.24) is 4.90 Å². The molecule has 1 amide bonds. The molecule has 2 aromatic carbocycles. The van der Waals surface area contributed by atoms with Crippen molar-refractivity contribution in [2.24, 2.45) is 4.99 Å². The second kappa shape index (κ2) is 8.35. The molecule has 1 heterocycles. The van der Waals surface area contributed by atoms with Crippen LogP contribution >= 0.6 is 27.7 Å². The van der Waals surface area contributed by atoms with E-state index in [0.29, 0.717) is 12.3 Å². The van der Waals surface area contributed by atoms with Gasteiger partial charge in [0, 0.05) is 16.8 Å². The maximum atomic E-state index is 12.5. The smallest absolute Gasteiger partial charge is 0.266 e. The van der Waals surface area contributed by atoms with Crippen LogP contribution in [0.5, 0.6) is 5.75 Å². The third-order valence-corrected chi connectivity index (χ3v) is 5.04. The standard InChI is InChI=1S/C18H17BrN2O2S/c19-14-7-9-16(10-8-14)23-13-17(22)21-11-4-12-24-18(21)20-15-5-2-1-3-6-15/h1-3,5-10H,4,11-13H2. The molecule has 124 valence electrons. The Balaban J connectivity index is 1.67. The van der Waals surface area contributed by atoms with Gasteiger partial charge in [-0.05, 0) is 42.8 Å². The average Bonchev–Trinajstić information content (AvgIpc) is 2.62. The second-order valence-electron chi connectivity index (χ2n) is 5.22. The van der Waals surface area contributed by atoms with Gasteiger partial charge < -0.3 is 4.74 Å². The monoisotopic (exact) mass is 404 g/mol. The first kappa shape index (κ1) is 17.0. The number of carbonyl (C=O) groups excluding carboxylic acids is 1. The lowest BCUT2D eigenvalue weighted by molar-refractivity contribution is -0.129. The second-order valence-corrected chi connectivity index (χ2v) is 7.20. The van der Waals surface area contributed by atoms with Crippen LogP contribution < -0.4 is 4.74 Å². The van der Waals surface area contributed by atoms with Crippen LogP contribution in [0.3, 0.4) is 0 Å². The fourth-order valence-electron chi connectivity index (χ4n) is 2.25. The highest BCUT2D eigenvalue weighted by atomic mass is 79.9. The van der Waals surface area contributed by atoms with Gasteiger partial charge in [-0.15, -0.1) is 0 Å². The zero-order chi connectivity index (χ0) is 16.8. The van der Waals surface area contributed by atoms with Gasteiger partial charge >= 0.3 is 0 Å². The van der Waals surface area contributed by atoms with Gasteiger partial charge in [-0.3, -0.25) is 9.69 Å². The Labute approximate surface area is 154 Å². The third kappa shape index (κ3) is 4.61. The van der Waals surface area contributed by atoms with Crippen molar-refractivity contribution in [3.05, 3.63) is 59.1 Å². The number of ether oxygens (including phenoxy) is 1. The van der Waals surface area contributed by atoms with Gasteiger partial charge in [0.25, 0.3) is 5.91 Å². The highest BCUT2D eigenvalue weighted by molar-refractivity contribution is 9.10. The van der Waals surface area contributed by atoms with Crippen LogP contribution in [0, 0.1) is 0 Å². The van der Waals surface area contributed by atoms with E-state index in [1.54, 1.807) is 16.7 Å². The molecular formula is C18H17BrN2O2S. The number of hydrogen-bond donors (Lipinski definition) is 0. The molecule has 0 radical (unpaired) electrons. The van der Waals surface area contributed by atoms with E-state index < -0.39 is 0 Å². The zero-order valence-electron chi connectivity index (χ0n) is 13.0. The minimum atomic E-state index is -0.0696. The number of para-hydroxylation sites is 1. The molecule has 4 nitrogen and oxygen atoms in total.